The molecule has 0 unspecified atom stereocenters. The van der Waals surface area contributed by atoms with Crippen LogP contribution in [-0.2, 0) is 5.33 Å². The Bertz CT molecular complexity index is 328. The SMILES string of the molecule is CCCCCN(C)c1ccc(F)cc1CBr. The van der Waals surface area contributed by atoms with Crippen molar-refractivity contribution in [2.24, 2.45) is 0 Å². The van der Waals surface area contributed by atoms with Gasteiger partial charge in [-0.05, 0) is 30.2 Å². The molecule has 0 radical (unpaired) electrons. The molecule has 0 bridgehead atoms. The molecule has 0 aliphatic rings. The summed E-state index contributed by atoms with van der Waals surface area (Å²) in [6.45, 7) is 3.22. The van der Waals surface area contributed by atoms with Crippen LogP contribution in [-0.4, -0.2) is 13.6 Å². The molecule has 0 fully saturated rings. The minimum Gasteiger partial charge on any atom is -0.374 e. The molecule has 3 heteroatoms. The molecule has 90 valence electrons. The second-order valence-corrected chi connectivity index (χ2v) is 4.60. The molecule has 0 aliphatic heterocycles. The summed E-state index contributed by atoms with van der Waals surface area (Å²) >= 11 is 3.40. The molecule has 1 rings (SSSR count). The van der Waals surface area contributed by atoms with Crippen LogP contribution in [0.5, 0.6) is 0 Å². The van der Waals surface area contributed by atoms with E-state index in [2.05, 4.69) is 34.8 Å². The van der Waals surface area contributed by atoms with Crippen LogP contribution in [0.25, 0.3) is 0 Å². The summed E-state index contributed by atoms with van der Waals surface area (Å²) in [5.41, 5.74) is 2.13. The van der Waals surface area contributed by atoms with E-state index in [4.69, 9.17) is 0 Å². The zero-order chi connectivity index (χ0) is 12.0. The third-order valence-electron chi connectivity index (χ3n) is 2.69. The van der Waals surface area contributed by atoms with Crippen LogP contribution in [0.4, 0.5) is 10.1 Å². The second-order valence-electron chi connectivity index (χ2n) is 4.04. The van der Waals surface area contributed by atoms with E-state index in [0.29, 0.717) is 5.33 Å². The summed E-state index contributed by atoms with van der Waals surface area (Å²) in [5, 5.41) is 0.693. The molecule has 0 aromatic heterocycles. The number of halogens is 2. The Morgan fingerprint density at radius 1 is 1.31 bits per heavy atom. The quantitative estimate of drug-likeness (QED) is 0.555. The van der Waals surface area contributed by atoms with E-state index in [1.807, 2.05) is 6.07 Å². The van der Waals surface area contributed by atoms with Crippen molar-refractivity contribution in [2.75, 3.05) is 18.5 Å². The minimum absolute atomic E-state index is 0.167. The summed E-state index contributed by atoms with van der Waals surface area (Å²) in [4.78, 5) is 2.20. The highest BCUT2D eigenvalue weighted by Crippen LogP contribution is 2.23. The zero-order valence-electron chi connectivity index (χ0n) is 9.97. The first-order valence-electron chi connectivity index (χ1n) is 5.74. The Balaban J connectivity index is 2.70. The molecule has 0 N–H and O–H groups in total. The topological polar surface area (TPSA) is 3.24 Å². The van der Waals surface area contributed by atoms with Gasteiger partial charge in [0.1, 0.15) is 5.82 Å². The van der Waals surface area contributed by atoms with Gasteiger partial charge in [0.25, 0.3) is 0 Å². The molecular formula is C13H19BrFN. The number of hydrogen-bond acceptors (Lipinski definition) is 1. The van der Waals surface area contributed by atoms with Gasteiger partial charge in [-0.2, -0.15) is 0 Å². The van der Waals surface area contributed by atoms with E-state index in [1.165, 1.54) is 25.3 Å². The molecule has 0 amide bonds. The van der Waals surface area contributed by atoms with Gasteiger partial charge in [-0.1, -0.05) is 35.7 Å². The fourth-order valence-electron chi connectivity index (χ4n) is 1.75. The van der Waals surface area contributed by atoms with Gasteiger partial charge < -0.3 is 4.90 Å². The predicted octanol–water partition coefficient (Wildman–Crippen LogP) is 4.35. The minimum atomic E-state index is -0.167. The number of alkyl halides is 1. The van der Waals surface area contributed by atoms with Gasteiger partial charge in [0, 0.05) is 24.6 Å². The Morgan fingerprint density at radius 3 is 2.69 bits per heavy atom. The standard InChI is InChI=1S/C13H19BrFN/c1-3-4-5-8-16(2)13-7-6-12(15)9-11(13)10-14/h6-7,9H,3-5,8,10H2,1-2H3. The fourth-order valence-corrected chi connectivity index (χ4v) is 2.20. The van der Waals surface area contributed by atoms with Crippen LogP contribution in [0, 0.1) is 5.82 Å². The van der Waals surface area contributed by atoms with Crippen molar-refractivity contribution in [3.05, 3.63) is 29.6 Å². The number of benzene rings is 1. The monoisotopic (exact) mass is 287 g/mol. The third-order valence-corrected chi connectivity index (χ3v) is 3.30. The molecule has 0 heterocycles. The average Bonchev–Trinajstić information content (AvgIpc) is 2.29. The van der Waals surface area contributed by atoms with Gasteiger partial charge in [-0.15, -0.1) is 0 Å². The van der Waals surface area contributed by atoms with Crippen LogP contribution < -0.4 is 4.90 Å². The van der Waals surface area contributed by atoms with E-state index in [0.717, 1.165) is 17.8 Å². The molecule has 0 atom stereocenters. The molecule has 1 nitrogen and oxygen atoms in total. The van der Waals surface area contributed by atoms with Crippen LogP contribution in [0.15, 0.2) is 18.2 Å². The Labute approximate surface area is 106 Å². The number of nitrogens with zero attached hydrogens (tertiary/aromatic N) is 1. The van der Waals surface area contributed by atoms with Crippen LogP contribution >= 0.6 is 15.9 Å². The maximum absolute atomic E-state index is 13.1. The maximum atomic E-state index is 13.1. The van der Waals surface area contributed by atoms with Gasteiger partial charge >= 0.3 is 0 Å². The van der Waals surface area contributed by atoms with Crippen LogP contribution in [0.2, 0.25) is 0 Å². The molecule has 0 spiro atoms. The lowest BCUT2D eigenvalue weighted by Crippen LogP contribution is -2.19. The highest BCUT2D eigenvalue weighted by atomic mass is 79.9. The first-order chi connectivity index (χ1) is 7.69. The molecule has 0 saturated carbocycles. The Hall–Kier alpha value is -0.570. The van der Waals surface area contributed by atoms with Gasteiger partial charge in [0.05, 0.1) is 0 Å². The summed E-state index contributed by atoms with van der Waals surface area (Å²) in [6.07, 6.45) is 3.66. The predicted molar refractivity (Wildman–Crippen MR) is 71.8 cm³/mol. The van der Waals surface area contributed by atoms with Crippen LogP contribution in [0.1, 0.15) is 31.7 Å². The number of rotatable bonds is 6. The van der Waals surface area contributed by atoms with Gasteiger partial charge in [0.15, 0.2) is 0 Å². The van der Waals surface area contributed by atoms with Crippen molar-refractivity contribution in [3.8, 4) is 0 Å². The normalized spacial score (nSPS) is 10.5. The molecule has 0 aliphatic carbocycles. The summed E-state index contributed by atoms with van der Waals surface area (Å²) in [7, 11) is 2.06. The van der Waals surface area contributed by atoms with Crippen molar-refractivity contribution >= 4 is 21.6 Å². The van der Waals surface area contributed by atoms with E-state index < -0.39 is 0 Å². The average molecular weight is 288 g/mol. The van der Waals surface area contributed by atoms with Gasteiger partial charge in [-0.3, -0.25) is 0 Å². The van der Waals surface area contributed by atoms with E-state index >= 15 is 0 Å². The molecule has 0 saturated heterocycles. The highest BCUT2D eigenvalue weighted by molar-refractivity contribution is 9.08. The highest BCUT2D eigenvalue weighted by Gasteiger charge is 2.07. The van der Waals surface area contributed by atoms with Crippen molar-refractivity contribution in [1.82, 2.24) is 0 Å². The smallest absolute Gasteiger partial charge is 0.123 e. The summed E-state index contributed by atoms with van der Waals surface area (Å²) in [6, 6.07) is 4.98. The Kier molecular flexibility index (Phi) is 5.81. The fraction of sp³-hybridized carbons (Fsp3) is 0.538. The third kappa shape index (κ3) is 3.78. The van der Waals surface area contributed by atoms with Gasteiger partial charge in [-0.25, -0.2) is 4.39 Å². The molecule has 1 aromatic carbocycles. The maximum Gasteiger partial charge on any atom is 0.123 e. The second kappa shape index (κ2) is 6.89. The lowest BCUT2D eigenvalue weighted by atomic mass is 10.1. The first-order valence-corrected chi connectivity index (χ1v) is 6.86. The molecule has 16 heavy (non-hydrogen) atoms. The van der Waals surface area contributed by atoms with Crippen molar-refractivity contribution < 1.29 is 4.39 Å². The lowest BCUT2D eigenvalue weighted by molar-refractivity contribution is 0.626. The number of unbranched alkanes of at least 4 members (excludes halogenated alkanes) is 2. The summed E-state index contributed by atoms with van der Waals surface area (Å²) in [5.74, 6) is -0.167. The van der Waals surface area contributed by atoms with Crippen LogP contribution in [0.3, 0.4) is 0 Å². The number of hydrogen-bond donors (Lipinski definition) is 0. The van der Waals surface area contributed by atoms with Gasteiger partial charge in [0.2, 0.25) is 0 Å². The van der Waals surface area contributed by atoms with E-state index in [1.54, 1.807) is 6.07 Å². The van der Waals surface area contributed by atoms with E-state index in [-0.39, 0.29) is 5.82 Å². The number of anilines is 1. The molecular weight excluding hydrogens is 269 g/mol. The first kappa shape index (κ1) is 13.5. The lowest BCUT2D eigenvalue weighted by Gasteiger charge is -2.21. The largest absolute Gasteiger partial charge is 0.374 e. The summed E-state index contributed by atoms with van der Waals surface area (Å²) < 4.78 is 13.1. The van der Waals surface area contributed by atoms with Crippen molar-refractivity contribution in [2.45, 2.75) is 31.5 Å². The molecule has 1 aromatic rings. The Morgan fingerprint density at radius 2 is 2.06 bits per heavy atom. The zero-order valence-corrected chi connectivity index (χ0v) is 11.6. The van der Waals surface area contributed by atoms with E-state index in [9.17, 15) is 4.39 Å². The van der Waals surface area contributed by atoms with Crippen molar-refractivity contribution in [1.29, 1.82) is 0 Å². The van der Waals surface area contributed by atoms with Crippen molar-refractivity contribution in [3.63, 3.8) is 0 Å².